The molecule has 0 radical (unpaired) electrons. The highest BCUT2D eigenvalue weighted by Crippen LogP contribution is 2.34. The first-order chi connectivity index (χ1) is 7.92. The third kappa shape index (κ3) is 3.69. The van der Waals surface area contributed by atoms with Crippen molar-refractivity contribution in [3.8, 4) is 6.07 Å². The Morgan fingerprint density at radius 2 is 2.00 bits per heavy atom. The zero-order chi connectivity index (χ0) is 12.5. The molecule has 0 aromatic heterocycles. The molecule has 1 N–H and O–H groups in total. The molecule has 0 amide bonds. The van der Waals surface area contributed by atoms with Crippen molar-refractivity contribution in [2.45, 2.75) is 82.6 Å². The van der Waals surface area contributed by atoms with E-state index in [-0.39, 0.29) is 17.2 Å². The fourth-order valence-corrected chi connectivity index (χ4v) is 2.71. The summed E-state index contributed by atoms with van der Waals surface area (Å²) >= 11 is 0. The average molecular weight is 236 g/mol. The topological polar surface area (TPSA) is 45.0 Å². The average Bonchev–Trinajstić information content (AvgIpc) is 2.99. The first kappa shape index (κ1) is 12.9. The summed E-state index contributed by atoms with van der Waals surface area (Å²) < 4.78 is 6.05. The van der Waals surface area contributed by atoms with Crippen LogP contribution < -0.4 is 5.32 Å². The lowest BCUT2D eigenvalue weighted by atomic mass is 9.80. The van der Waals surface area contributed by atoms with Crippen LogP contribution in [0, 0.1) is 11.3 Å². The minimum absolute atomic E-state index is 0.108. The summed E-state index contributed by atoms with van der Waals surface area (Å²) in [4.78, 5) is 0. The van der Waals surface area contributed by atoms with Gasteiger partial charge < -0.3 is 4.74 Å². The third-order valence-electron chi connectivity index (χ3n) is 3.50. The van der Waals surface area contributed by atoms with Crippen LogP contribution in [0.2, 0.25) is 0 Å². The first-order valence-corrected chi connectivity index (χ1v) is 6.79. The Hall–Kier alpha value is -0.590. The van der Waals surface area contributed by atoms with E-state index in [0.717, 1.165) is 25.7 Å². The molecule has 17 heavy (non-hydrogen) atoms. The minimum atomic E-state index is -0.324. The molecule has 0 aromatic rings. The molecule has 0 aliphatic heterocycles. The highest BCUT2D eigenvalue weighted by Gasteiger charge is 2.41. The van der Waals surface area contributed by atoms with Crippen LogP contribution in [0.4, 0.5) is 0 Å². The van der Waals surface area contributed by atoms with E-state index in [0.29, 0.717) is 6.04 Å². The lowest BCUT2D eigenvalue weighted by Gasteiger charge is -2.39. The van der Waals surface area contributed by atoms with Crippen molar-refractivity contribution in [1.82, 2.24) is 5.32 Å². The predicted molar refractivity (Wildman–Crippen MR) is 67.6 cm³/mol. The molecule has 3 nitrogen and oxygen atoms in total. The van der Waals surface area contributed by atoms with Crippen molar-refractivity contribution in [3.63, 3.8) is 0 Å². The zero-order valence-electron chi connectivity index (χ0n) is 11.3. The summed E-state index contributed by atoms with van der Waals surface area (Å²) in [6, 6.07) is 3.10. The van der Waals surface area contributed by atoms with Crippen molar-refractivity contribution in [1.29, 1.82) is 5.26 Å². The van der Waals surface area contributed by atoms with Crippen LogP contribution in [0.3, 0.4) is 0 Å². The van der Waals surface area contributed by atoms with E-state index in [2.05, 4.69) is 32.2 Å². The van der Waals surface area contributed by atoms with Gasteiger partial charge in [0.2, 0.25) is 0 Å². The normalized spacial score (nSPS) is 34.4. The van der Waals surface area contributed by atoms with Gasteiger partial charge in [-0.25, -0.2) is 0 Å². The molecule has 2 aliphatic carbocycles. The number of nitrogens with one attached hydrogen (secondary N) is 1. The van der Waals surface area contributed by atoms with Gasteiger partial charge in [0.1, 0.15) is 5.54 Å². The van der Waals surface area contributed by atoms with E-state index < -0.39 is 0 Å². The van der Waals surface area contributed by atoms with E-state index in [9.17, 15) is 5.26 Å². The monoisotopic (exact) mass is 236 g/mol. The van der Waals surface area contributed by atoms with Gasteiger partial charge >= 0.3 is 0 Å². The van der Waals surface area contributed by atoms with Crippen LogP contribution in [-0.4, -0.2) is 23.3 Å². The summed E-state index contributed by atoms with van der Waals surface area (Å²) in [6.45, 7) is 6.26. The second-order valence-electron chi connectivity index (χ2n) is 6.56. The molecule has 0 saturated heterocycles. The first-order valence-electron chi connectivity index (χ1n) is 6.79. The van der Waals surface area contributed by atoms with E-state index in [1.807, 2.05) is 0 Å². The molecule has 0 heterocycles. The number of nitrogens with zero attached hydrogens (tertiary/aromatic N) is 1. The molecule has 2 saturated carbocycles. The lowest BCUT2D eigenvalue weighted by Crippen LogP contribution is -2.51. The van der Waals surface area contributed by atoms with E-state index >= 15 is 0 Å². The maximum atomic E-state index is 9.47. The smallest absolute Gasteiger partial charge is 0.109 e. The molecule has 0 bridgehead atoms. The van der Waals surface area contributed by atoms with Crippen molar-refractivity contribution in [2.24, 2.45) is 0 Å². The van der Waals surface area contributed by atoms with E-state index in [1.54, 1.807) is 0 Å². The number of rotatable bonds is 3. The molecule has 96 valence electrons. The van der Waals surface area contributed by atoms with Gasteiger partial charge in [-0.1, -0.05) is 0 Å². The molecular formula is C14H24N2O. The highest BCUT2D eigenvalue weighted by atomic mass is 16.5. The Morgan fingerprint density at radius 1 is 1.29 bits per heavy atom. The van der Waals surface area contributed by atoms with Crippen LogP contribution in [0.15, 0.2) is 0 Å². The Bertz CT molecular complexity index is 311. The molecule has 0 spiro atoms. The van der Waals surface area contributed by atoms with Crippen LogP contribution >= 0.6 is 0 Å². The van der Waals surface area contributed by atoms with Gasteiger partial charge in [-0.05, 0) is 52.9 Å². The molecule has 2 rings (SSSR count). The van der Waals surface area contributed by atoms with Gasteiger partial charge in [-0.15, -0.1) is 0 Å². The maximum absolute atomic E-state index is 9.47. The van der Waals surface area contributed by atoms with Gasteiger partial charge in [0.25, 0.3) is 0 Å². The molecule has 2 fully saturated rings. The quantitative estimate of drug-likeness (QED) is 0.819. The van der Waals surface area contributed by atoms with Gasteiger partial charge in [0, 0.05) is 12.5 Å². The standard InChI is InChI=1S/C14H24N2O/c1-13(2,3)17-12-5-4-8-14(9-12,10-15)16-11-6-7-11/h11-12,16H,4-9H2,1-3H3. The van der Waals surface area contributed by atoms with Crippen molar-refractivity contribution in [2.75, 3.05) is 0 Å². The maximum Gasteiger partial charge on any atom is 0.109 e. The number of nitriles is 1. The van der Waals surface area contributed by atoms with Crippen molar-refractivity contribution >= 4 is 0 Å². The van der Waals surface area contributed by atoms with Crippen molar-refractivity contribution < 1.29 is 4.74 Å². The fourth-order valence-electron chi connectivity index (χ4n) is 2.71. The summed E-state index contributed by atoms with van der Waals surface area (Å²) in [5.74, 6) is 0. The fraction of sp³-hybridized carbons (Fsp3) is 0.929. The largest absolute Gasteiger partial charge is 0.373 e. The van der Waals surface area contributed by atoms with Gasteiger partial charge in [-0.2, -0.15) is 5.26 Å². The Kier molecular flexibility index (Phi) is 3.47. The highest BCUT2D eigenvalue weighted by molar-refractivity contribution is 5.12. The summed E-state index contributed by atoms with van der Waals surface area (Å²) in [6.07, 6.45) is 6.69. The Morgan fingerprint density at radius 3 is 2.53 bits per heavy atom. The van der Waals surface area contributed by atoms with Crippen LogP contribution in [-0.2, 0) is 4.74 Å². The molecule has 3 heteroatoms. The summed E-state index contributed by atoms with van der Waals surface area (Å²) in [5, 5.41) is 13.0. The molecular weight excluding hydrogens is 212 g/mol. The molecule has 2 unspecified atom stereocenters. The lowest BCUT2D eigenvalue weighted by molar-refractivity contribution is -0.0829. The minimum Gasteiger partial charge on any atom is -0.373 e. The van der Waals surface area contributed by atoms with E-state index in [4.69, 9.17) is 4.74 Å². The molecule has 2 atom stereocenters. The van der Waals surface area contributed by atoms with Gasteiger partial charge in [0.05, 0.1) is 17.8 Å². The zero-order valence-corrected chi connectivity index (χ0v) is 11.3. The van der Waals surface area contributed by atoms with Gasteiger partial charge in [-0.3, -0.25) is 5.32 Å². The van der Waals surface area contributed by atoms with Crippen LogP contribution in [0.1, 0.15) is 59.3 Å². The second-order valence-corrected chi connectivity index (χ2v) is 6.56. The SMILES string of the molecule is CC(C)(C)OC1CCCC(C#N)(NC2CC2)C1. The Balaban J connectivity index is 1.96. The third-order valence-corrected chi connectivity index (χ3v) is 3.50. The van der Waals surface area contributed by atoms with E-state index in [1.165, 1.54) is 12.8 Å². The summed E-state index contributed by atoms with van der Waals surface area (Å²) in [7, 11) is 0. The van der Waals surface area contributed by atoms with Gasteiger partial charge in [0.15, 0.2) is 0 Å². The van der Waals surface area contributed by atoms with Crippen LogP contribution in [0.25, 0.3) is 0 Å². The predicted octanol–water partition coefficient (Wildman–Crippen LogP) is 2.76. The summed E-state index contributed by atoms with van der Waals surface area (Å²) in [5.41, 5.74) is -0.432. The molecule has 2 aliphatic rings. The number of hydrogen-bond acceptors (Lipinski definition) is 3. The Labute approximate surface area is 105 Å². The van der Waals surface area contributed by atoms with Crippen molar-refractivity contribution in [3.05, 3.63) is 0 Å². The van der Waals surface area contributed by atoms with Crippen LogP contribution in [0.5, 0.6) is 0 Å². The molecule has 0 aromatic carbocycles. The number of hydrogen-bond donors (Lipinski definition) is 1. The second kappa shape index (κ2) is 4.59. The number of ether oxygens (including phenoxy) is 1.